The van der Waals surface area contributed by atoms with Gasteiger partial charge in [0.1, 0.15) is 5.02 Å². The molecule has 2 saturated heterocycles. The number of piperidine rings is 1. The van der Waals surface area contributed by atoms with Crippen molar-refractivity contribution in [3.63, 3.8) is 0 Å². The first-order valence-corrected chi connectivity index (χ1v) is 7.37. The third-order valence-corrected chi connectivity index (χ3v) is 4.72. The van der Waals surface area contributed by atoms with Gasteiger partial charge in [-0.2, -0.15) is 0 Å². The Hall–Kier alpha value is -0.880. The number of nitrogens with one attached hydrogen (secondary N) is 1. The molecule has 2 heterocycles. The van der Waals surface area contributed by atoms with Crippen LogP contribution < -0.4 is 5.32 Å². The molecule has 0 aliphatic carbocycles. The van der Waals surface area contributed by atoms with Gasteiger partial charge in [-0.1, -0.05) is 17.7 Å². The molecule has 0 spiro atoms. The Morgan fingerprint density at radius 3 is 2.90 bits per heavy atom. The maximum absolute atomic E-state index is 10.9. The molecule has 7 heteroatoms. The van der Waals surface area contributed by atoms with E-state index >= 15 is 0 Å². The Kier molecular flexibility index (Phi) is 5.43. The van der Waals surface area contributed by atoms with Crippen molar-refractivity contribution in [3.8, 4) is 0 Å². The smallest absolute Gasteiger partial charge is 0.288 e. The number of fused-ring (bicyclic) bond motifs is 1. The molecular formula is C14H19Cl2N3O2. The van der Waals surface area contributed by atoms with Crippen LogP contribution in [-0.2, 0) is 6.54 Å². The molecule has 2 aliphatic heterocycles. The summed E-state index contributed by atoms with van der Waals surface area (Å²) in [6, 6.07) is 5.11. The minimum Gasteiger partial charge on any atom is -0.316 e. The summed E-state index contributed by atoms with van der Waals surface area (Å²) < 4.78 is 0. The van der Waals surface area contributed by atoms with Gasteiger partial charge in [-0.15, -0.1) is 12.4 Å². The fourth-order valence-corrected chi connectivity index (χ4v) is 3.50. The molecule has 2 aliphatic rings. The maximum atomic E-state index is 10.9. The molecule has 0 saturated carbocycles. The van der Waals surface area contributed by atoms with Gasteiger partial charge >= 0.3 is 0 Å². The third kappa shape index (κ3) is 3.66. The summed E-state index contributed by atoms with van der Waals surface area (Å²) in [7, 11) is 0. The number of benzene rings is 1. The van der Waals surface area contributed by atoms with Crippen molar-refractivity contribution >= 4 is 29.7 Å². The molecule has 0 aromatic heterocycles. The van der Waals surface area contributed by atoms with E-state index in [0.29, 0.717) is 0 Å². The largest absolute Gasteiger partial charge is 0.316 e. The molecule has 0 bridgehead atoms. The second-order valence-electron chi connectivity index (χ2n) is 5.75. The summed E-state index contributed by atoms with van der Waals surface area (Å²) in [4.78, 5) is 12.9. The first-order chi connectivity index (χ1) is 9.63. The molecule has 1 aromatic carbocycles. The normalized spacial score (nSPS) is 25.2. The lowest BCUT2D eigenvalue weighted by atomic mass is 9.88. The van der Waals surface area contributed by atoms with E-state index in [4.69, 9.17) is 11.6 Å². The van der Waals surface area contributed by atoms with E-state index in [1.165, 1.54) is 6.42 Å². The van der Waals surface area contributed by atoms with Crippen LogP contribution in [0.4, 0.5) is 5.69 Å². The molecule has 0 radical (unpaired) electrons. The Labute approximate surface area is 135 Å². The van der Waals surface area contributed by atoms with Crippen molar-refractivity contribution in [3.05, 3.63) is 38.9 Å². The predicted octanol–water partition coefficient (Wildman–Crippen LogP) is 2.71. The second-order valence-corrected chi connectivity index (χ2v) is 6.15. The van der Waals surface area contributed by atoms with Crippen LogP contribution in [0.3, 0.4) is 0 Å². The third-order valence-electron chi connectivity index (χ3n) is 4.40. The number of nitrogens with zero attached hydrogens (tertiary/aromatic N) is 2. The summed E-state index contributed by atoms with van der Waals surface area (Å²) in [6.45, 7) is 5.15. The molecule has 21 heavy (non-hydrogen) atoms. The van der Waals surface area contributed by atoms with Gasteiger partial charge in [-0.05, 0) is 49.5 Å². The Morgan fingerprint density at radius 2 is 2.14 bits per heavy atom. The minimum atomic E-state index is -0.418. The van der Waals surface area contributed by atoms with Gasteiger partial charge in [0.15, 0.2) is 0 Å². The van der Waals surface area contributed by atoms with Crippen molar-refractivity contribution < 1.29 is 4.92 Å². The highest BCUT2D eigenvalue weighted by Crippen LogP contribution is 2.29. The van der Waals surface area contributed by atoms with Crippen LogP contribution in [0.25, 0.3) is 0 Å². The van der Waals surface area contributed by atoms with Crippen LogP contribution >= 0.6 is 24.0 Å². The summed E-state index contributed by atoms with van der Waals surface area (Å²) in [5, 5.41) is 14.6. The van der Waals surface area contributed by atoms with Gasteiger partial charge in [0.2, 0.25) is 0 Å². The molecular weight excluding hydrogens is 313 g/mol. The van der Waals surface area contributed by atoms with Crippen LogP contribution in [0, 0.1) is 22.0 Å². The lowest BCUT2D eigenvalue weighted by Gasteiger charge is -2.34. The Morgan fingerprint density at radius 1 is 1.38 bits per heavy atom. The van der Waals surface area contributed by atoms with Crippen LogP contribution in [-0.4, -0.2) is 36.0 Å². The van der Waals surface area contributed by atoms with Gasteiger partial charge in [0, 0.05) is 19.2 Å². The lowest BCUT2D eigenvalue weighted by molar-refractivity contribution is -0.384. The zero-order valence-electron chi connectivity index (χ0n) is 11.6. The van der Waals surface area contributed by atoms with Crippen LogP contribution in [0.2, 0.25) is 5.02 Å². The molecule has 0 amide bonds. The standard InChI is InChI=1S/C14H18ClN3O2.ClH/c15-13-2-1-10(5-14(13)18(19)20)8-17-4-3-11-6-16-7-12(11)9-17;/h1-2,5,11-12,16H,3-4,6-9H2;1H. The van der Waals surface area contributed by atoms with Crippen LogP contribution in [0.5, 0.6) is 0 Å². The van der Waals surface area contributed by atoms with Crippen molar-refractivity contribution in [1.82, 2.24) is 10.2 Å². The van der Waals surface area contributed by atoms with Gasteiger partial charge < -0.3 is 5.32 Å². The zero-order valence-corrected chi connectivity index (χ0v) is 13.2. The number of rotatable bonds is 3. The number of halogens is 2. The Balaban J connectivity index is 0.00000161. The molecule has 2 unspecified atom stereocenters. The minimum absolute atomic E-state index is 0. The van der Waals surface area contributed by atoms with E-state index < -0.39 is 4.92 Å². The maximum Gasteiger partial charge on any atom is 0.288 e. The van der Waals surface area contributed by atoms with Crippen LogP contribution in [0.15, 0.2) is 18.2 Å². The van der Waals surface area contributed by atoms with Gasteiger partial charge in [-0.25, -0.2) is 0 Å². The van der Waals surface area contributed by atoms with Gasteiger partial charge in [0.25, 0.3) is 5.69 Å². The van der Waals surface area contributed by atoms with Crippen molar-refractivity contribution in [2.45, 2.75) is 13.0 Å². The molecule has 116 valence electrons. The van der Waals surface area contributed by atoms with E-state index in [-0.39, 0.29) is 23.1 Å². The molecule has 3 rings (SSSR count). The average Bonchev–Trinajstić information content (AvgIpc) is 2.88. The number of likely N-dealkylation sites (tertiary alicyclic amines) is 1. The number of hydrogen-bond acceptors (Lipinski definition) is 4. The lowest BCUT2D eigenvalue weighted by Crippen LogP contribution is -2.39. The number of hydrogen-bond donors (Lipinski definition) is 1. The summed E-state index contributed by atoms with van der Waals surface area (Å²) in [5.41, 5.74) is 0.965. The zero-order chi connectivity index (χ0) is 14.1. The second kappa shape index (κ2) is 6.92. The highest BCUT2D eigenvalue weighted by molar-refractivity contribution is 6.32. The first kappa shape index (κ1) is 16.5. The Bertz CT molecular complexity index is 527. The number of nitro benzene ring substituents is 1. The predicted molar refractivity (Wildman–Crippen MR) is 85.1 cm³/mol. The summed E-state index contributed by atoms with van der Waals surface area (Å²) >= 11 is 5.84. The van der Waals surface area contributed by atoms with Gasteiger partial charge in [0.05, 0.1) is 4.92 Å². The van der Waals surface area contributed by atoms with Crippen molar-refractivity contribution in [2.24, 2.45) is 11.8 Å². The summed E-state index contributed by atoms with van der Waals surface area (Å²) in [6.07, 6.45) is 1.22. The van der Waals surface area contributed by atoms with Gasteiger partial charge in [-0.3, -0.25) is 15.0 Å². The molecule has 1 aromatic rings. The molecule has 1 N–H and O–H groups in total. The molecule has 2 fully saturated rings. The van der Waals surface area contributed by atoms with E-state index in [1.807, 2.05) is 6.07 Å². The quantitative estimate of drug-likeness (QED) is 0.683. The number of nitro groups is 1. The van der Waals surface area contributed by atoms with E-state index in [0.717, 1.165) is 50.1 Å². The highest BCUT2D eigenvalue weighted by atomic mass is 35.5. The fraction of sp³-hybridized carbons (Fsp3) is 0.571. The average molecular weight is 332 g/mol. The summed E-state index contributed by atoms with van der Waals surface area (Å²) in [5.74, 6) is 1.54. The first-order valence-electron chi connectivity index (χ1n) is 6.99. The fourth-order valence-electron chi connectivity index (χ4n) is 3.31. The highest BCUT2D eigenvalue weighted by Gasteiger charge is 2.32. The molecule has 2 atom stereocenters. The topological polar surface area (TPSA) is 58.4 Å². The van der Waals surface area contributed by atoms with E-state index in [9.17, 15) is 10.1 Å². The van der Waals surface area contributed by atoms with Crippen molar-refractivity contribution in [2.75, 3.05) is 26.2 Å². The van der Waals surface area contributed by atoms with E-state index in [2.05, 4.69) is 10.2 Å². The monoisotopic (exact) mass is 331 g/mol. The van der Waals surface area contributed by atoms with Crippen molar-refractivity contribution in [1.29, 1.82) is 0 Å². The SMILES string of the molecule is Cl.O=[N+]([O-])c1cc(CN2CCC3CNCC3C2)ccc1Cl. The molecule has 5 nitrogen and oxygen atoms in total. The van der Waals surface area contributed by atoms with E-state index in [1.54, 1.807) is 12.1 Å². The van der Waals surface area contributed by atoms with Crippen LogP contribution in [0.1, 0.15) is 12.0 Å².